The van der Waals surface area contributed by atoms with E-state index in [9.17, 15) is 4.79 Å². The monoisotopic (exact) mass is 332 g/mol. The molecule has 0 heterocycles. The molecule has 2 rings (SSSR count). The summed E-state index contributed by atoms with van der Waals surface area (Å²) >= 11 is 6.06. The highest BCUT2D eigenvalue weighted by Gasteiger charge is 2.04. The highest BCUT2D eigenvalue weighted by atomic mass is 35.5. The smallest absolute Gasteiger partial charge is 0.226 e. The van der Waals surface area contributed by atoms with Crippen LogP contribution in [0.15, 0.2) is 42.5 Å². The van der Waals surface area contributed by atoms with Gasteiger partial charge in [0.2, 0.25) is 5.91 Å². The van der Waals surface area contributed by atoms with Gasteiger partial charge in [-0.3, -0.25) is 4.79 Å². The number of rotatable bonds is 7. The highest BCUT2D eigenvalue weighted by molar-refractivity contribution is 6.32. The van der Waals surface area contributed by atoms with Crippen LogP contribution in [0.4, 0.5) is 11.4 Å². The molecule has 23 heavy (non-hydrogen) atoms. The van der Waals surface area contributed by atoms with Crippen molar-refractivity contribution in [3.63, 3.8) is 0 Å². The third-order valence-electron chi connectivity index (χ3n) is 3.48. The van der Waals surface area contributed by atoms with Crippen LogP contribution in [0.25, 0.3) is 0 Å². The molecule has 0 aliphatic rings. The van der Waals surface area contributed by atoms with Gasteiger partial charge in [-0.25, -0.2) is 0 Å². The lowest BCUT2D eigenvalue weighted by atomic mass is 10.1. The first kappa shape index (κ1) is 17.2. The Bertz CT molecular complexity index is 657. The van der Waals surface area contributed by atoms with E-state index in [0.29, 0.717) is 23.7 Å². The second-order valence-corrected chi connectivity index (χ2v) is 5.53. The Morgan fingerprint density at radius 3 is 2.43 bits per heavy atom. The third kappa shape index (κ3) is 5.18. The molecule has 0 unspecified atom stereocenters. The van der Waals surface area contributed by atoms with Crippen molar-refractivity contribution in [1.82, 2.24) is 0 Å². The summed E-state index contributed by atoms with van der Waals surface area (Å²) in [5, 5.41) is 6.59. The molecular formula is C18H21ClN2O2. The van der Waals surface area contributed by atoms with Crippen molar-refractivity contribution < 1.29 is 9.53 Å². The van der Waals surface area contributed by atoms with E-state index in [2.05, 4.69) is 17.6 Å². The molecule has 0 atom stereocenters. The molecule has 2 aromatic carbocycles. The third-order valence-corrected chi connectivity index (χ3v) is 3.77. The van der Waals surface area contributed by atoms with Crippen LogP contribution in [-0.2, 0) is 11.2 Å². The summed E-state index contributed by atoms with van der Waals surface area (Å²) in [5.41, 5.74) is 2.93. The Labute approximate surface area is 141 Å². The fourth-order valence-electron chi connectivity index (χ4n) is 2.14. The maximum Gasteiger partial charge on any atom is 0.226 e. The summed E-state index contributed by atoms with van der Waals surface area (Å²) in [6.45, 7) is 2.63. The van der Waals surface area contributed by atoms with Crippen molar-refractivity contribution in [2.45, 2.75) is 19.8 Å². The summed E-state index contributed by atoms with van der Waals surface area (Å²) in [7, 11) is 1.58. The summed E-state index contributed by atoms with van der Waals surface area (Å²) in [5.74, 6) is 0.604. The lowest BCUT2D eigenvalue weighted by Gasteiger charge is -2.09. The van der Waals surface area contributed by atoms with Gasteiger partial charge in [0.25, 0.3) is 0 Å². The maximum atomic E-state index is 11.9. The first-order valence-electron chi connectivity index (χ1n) is 7.58. The number of anilines is 2. The topological polar surface area (TPSA) is 50.4 Å². The van der Waals surface area contributed by atoms with Gasteiger partial charge in [0, 0.05) is 24.3 Å². The number of hydrogen-bond acceptors (Lipinski definition) is 3. The van der Waals surface area contributed by atoms with E-state index in [-0.39, 0.29) is 5.91 Å². The molecular weight excluding hydrogens is 312 g/mol. The standard InChI is InChI=1S/C18H21ClN2O2/c1-3-13-4-6-14(7-5-13)21-18(22)10-11-20-15-8-9-17(23-2)16(19)12-15/h4-9,12,20H,3,10-11H2,1-2H3,(H,21,22). The minimum absolute atomic E-state index is 0.0265. The number of carbonyl (C=O) groups excluding carboxylic acids is 1. The van der Waals surface area contributed by atoms with Gasteiger partial charge in [-0.1, -0.05) is 30.7 Å². The highest BCUT2D eigenvalue weighted by Crippen LogP contribution is 2.27. The number of nitrogens with one attached hydrogen (secondary N) is 2. The molecule has 2 aromatic rings. The Hall–Kier alpha value is -2.20. The van der Waals surface area contributed by atoms with Crippen molar-refractivity contribution in [3.05, 3.63) is 53.1 Å². The number of hydrogen-bond donors (Lipinski definition) is 2. The summed E-state index contributed by atoms with van der Waals surface area (Å²) < 4.78 is 5.10. The SMILES string of the molecule is CCc1ccc(NC(=O)CCNc2ccc(OC)c(Cl)c2)cc1. The zero-order valence-electron chi connectivity index (χ0n) is 13.4. The number of halogens is 1. The van der Waals surface area contributed by atoms with Crippen molar-refractivity contribution in [2.75, 3.05) is 24.3 Å². The number of aryl methyl sites for hydroxylation is 1. The van der Waals surface area contributed by atoms with Gasteiger partial charge in [0.15, 0.2) is 0 Å². The van der Waals surface area contributed by atoms with Gasteiger partial charge in [-0.2, -0.15) is 0 Å². The van der Waals surface area contributed by atoms with Crippen LogP contribution < -0.4 is 15.4 Å². The fourth-order valence-corrected chi connectivity index (χ4v) is 2.40. The minimum atomic E-state index is -0.0265. The van der Waals surface area contributed by atoms with Crippen LogP contribution in [0.5, 0.6) is 5.75 Å². The Morgan fingerprint density at radius 1 is 1.13 bits per heavy atom. The molecule has 1 amide bonds. The van der Waals surface area contributed by atoms with E-state index in [4.69, 9.17) is 16.3 Å². The summed E-state index contributed by atoms with van der Waals surface area (Å²) in [6, 6.07) is 13.3. The predicted octanol–water partition coefficient (Wildman–Crippen LogP) is 4.35. The zero-order chi connectivity index (χ0) is 16.7. The van der Waals surface area contributed by atoms with Crippen LogP contribution in [-0.4, -0.2) is 19.6 Å². The van der Waals surface area contributed by atoms with E-state index in [1.807, 2.05) is 30.3 Å². The lowest BCUT2D eigenvalue weighted by Crippen LogP contribution is -2.16. The van der Waals surface area contributed by atoms with Gasteiger partial charge in [0.1, 0.15) is 5.75 Å². The Balaban J connectivity index is 1.79. The average Bonchev–Trinajstić information content (AvgIpc) is 2.56. The lowest BCUT2D eigenvalue weighted by molar-refractivity contribution is -0.115. The van der Waals surface area contributed by atoms with E-state index < -0.39 is 0 Å². The van der Waals surface area contributed by atoms with E-state index in [1.165, 1.54) is 5.56 Å². The maximum absolute atomic E-state index is 11.9. The molecule has 5 heteroatoms. The molecule has 0 radical (unpaired) electrons. The fraction of sp³-hybridized carbons (Fsp3) is 0.278. The molecule has 0 aromatic heterocycles. The molecule has 0 aliphatic carbocycles. The Morgan fingerprint density at radius 2 is 1.83 bits per heavy atom. The van der Waals surface area contributed by atoms with E-state index in [0.717, 1.165) is 17.8 Å². The van der Waals surface area contributed by atoms with E-state index >= 15 is 0 Å². The second kappa shape index (κ2) is 8.44. The average molecular weight is 333 g/mol. The molecule has 0 fully saturated rings. The second-order valence-electron chi connectivity index (χ2n) is 5.12. The number of benzene rings is 2. The molecule has 0 bridgehead atoms. The number of ether oxygens (including phenoxy) is 1. The summed E-state index contributed by atoms with van der Waals surface area (Å²) in [4.78, 5) is 11.9. The molecule has 4 nitrogen and oxygen atoms in total. The normalized spacial score (nSPS) is 10.2. The molecule has 0 aliphatic heterocycles. The molecule has 0 saturated heterocycles. The predicted molar refractivity (Wildman–Crippen MR) is 95.6 cm³/mol. The van der Waals surface area contributed by atoms with Crippen LogP contribution in [0.1, 0.15) is 18.9 Å². The van der Waals surface area contributed by atoms with Crippen LogP contribution >= 0.6 is 11.6 Å². The Kier molecular flexibility index (Phi) is 6.29. The van der Waals surface area contributed by atoms with Crippen LogP contribution in [0.2, 0.25) is 5.02 Å². The quantitative estimate of drug-likeness (QED) is 0.792. The molecule has 0 spiro atoms. The van der Waals surface area contributed by atoms with Crippen molar-refractivity contribution >= 4 is 28.9 Å². The van der Waals surface area contributed by atoms with E-state index in [1.54, 1.807) is 19.2 Å². The van der Waals surface area contributed by atoms with Gasteiger partial charge in [-0.15, -0.1) is 0 Å². The first-order valence-corrected chi connectivity index (χ1v) is 7.96. The van der Waals surface area contributed by atoms with Crippen LogP contribution in [0, 0.1) is 0 Å². The minimum Gasteiger partial charge on any atom is -0.495 e. The number of carbonyl (C=O) groups is 1. The number of amides is 1. The van der Waals surface area contributed by atoms with Crippen molar-refractivity contribution in [3.8, 4) is 5.75 Å². The molecule has 2 N–H and O–H groups in total. The van der Waals surface area contributed by atoms with Crippen molar-refractivity contribution in [1.29, 1.82) is 0 Å². The van der Waals surface area contributed by atoms with Gasteiger partial charge in [0.05, 0.1) is 12.1 Å². The van der Waals surface area contributed by atoms with Crippen molar-refractivity contribution in [2.24, 2.45) is 0 Å². The first-order chi connectivity index (χ1) is 11.1. The molecule has 122 valence electrons. The number of methoxy groups -OCH3 is 1. The van der Waals surface area contributed by atoms with Gasteiger partial charge < -0.3 is 15.4 Å². The summed E-state index contributed by atoms with van der Waals surface area (Å²) in [6.07, 6.45) is 1.36. The zero-order valence-corrected chi connectivity index (χ0v) is 14.1. The van der Waals surface area contributed by atoms with Crippen LogP contribution in [0.3, 0.4) is 0 Å². The van der Waals surface area contributed by atoms with Gasteiger partial charge >= 0.3 is 0 Å². The molecule has 0 saturated carbocycles. The van der Waals surface area contributed by atoms with Gasteiger partial charge in [-0.05, 0) is 42.3 Å². The largest absolute Gasteiger partial charge is 0.495 e.